The van der Waals surface area contributed by atoms with Crippen LogP contribution in [-0.4, -0.2) is 43.9 Å². The fourth-order valence-corrected chi connectivity index (χ4v) is 1.48. The first-order valence-electron chi connectivity index (χ1n) is 6.35. The van der Waals surface area contributed by atoms with Crippen molar-refractivity contribution in [3.8, 4) is 0 Å². The Morgan fingerprint density at radius 3 is 2.20 bits per heavy atom. The monoisotopic (exact) mass is 302 g/mol. The molecule has 0 radical (unpaired) electrons. The summed E-state index contributed by atoms with van der Waals surface area (Å²) in [6.07, 6.45) is -8.75. The molecule has 0 bridgehead atoms. The SMILES string of the molecule is C=CC(=O)OCC(F)C(F)C(F)C(F)CCCCCF. The summed E-state index contributed by atoms with van der Waals surface area (Å²) in [4.78, 5) is 10.6. The van der Waals surface area contributed by atoms with Gasteiger partial charge in [-0.15, -0.1) is 0 Å². The van der Waals surface area contributed by atoms with Crippen molar-refractivity contribution in [1.29, 1.82) is 0 Å². The van der Waals surface area contributed by atoms with Crippen molar-refractivity contribution in [3.05, 3.63) is 12.7 Å². The maximum Gasteiger partial charge on any atom is 0.330 e. The first kappa shape index (κ1) is 18.9. The van der Waals surface area contributed by atoms with Gasteiger partial charge in [0.2, 0.25) is 0 Å². The molecule has 0 aromatic rings. The molecule has 20 heavy (non-hydrogen) atoms. The summed E-state index contributed by atoms with van der Waals surface area (Å²) < 4.78 is 69.1. The van der Waals surface area contributed by atoms with E-state index in [0.29, 0.717) is 6.42 Å². The fourth-order valence-electron chi connectivity index (χ4n) is 1.48. The third kappa shape index (κ3) is 7.45. The molecule has 0 aliphatic carbocycles. The van der Waals surface area contributed by atoms with E-state index in [2.05, 4.69) is 11.3 Å². The standard InChI is InChI=1S/C13H19F5O2/c1-2-11(19)20-8-10(16)13(18)12(17)9(15)6-4-3-5-7-14/h2,9-10,12-13H,1,3-8H2. The Morgan fingerprint density at radius 1 is 1.05 bits per heavy atom. The lowest BCUT2D eigenvalue weighted by Gasteiger charge is -2.20. The van der Waals surface area contributed by atoms with Crippen LogP contribution in [0.25, 0.3) is 0 Å². The molecule has 4 atom stereocenters. The van der Waals surface area contributed by atoms with Gasteiger partial charge in [-0.2, -0.15) is 0 Å². The molecular weight excluding hydrogens is 283 g/mol. The highest BCUT2D eigenvalue weighted by atomic mass is 19.2. The van der Waals surface area contributed by atoms with Crippen LogP contribution >= 0.6 is 0 Å². The molecule has 0 amide bonds. The number of carbonyl (C=O) groups is 1. The van der Waals surface area contributed by atoms with E-state index in [1.807, 2.05) is 0 Å². The Labute approximate surface area is 115 Å². The average molecular weight is 302 g/mol. The number of ether oxygens (including phenoxy) is 1. The Bertz CT molecular complexity index is 288. The summed E-state index contributed by atoms with van der Waals surface area (Å²) in [6.45, 7) is 1.49. The first-order valence-corrected chi connectivity index (χ1v) is 6.35. The normalized spacial score (nSPS) is 17.1. The highest BCUT2D eigenvalue weighted by Crippen LogP contribution is 2.21. The molecule has 0 fully saturated rings. The molecule has 0 saturated carbocycles. The molecule has 0 spiro atoms. The van der Waals surface area contributed by atoms with Crippen LogP contribution in [-0.2, 0) is 9.53 Å². The summed E-state index contributed by atoms with van der Waals surface area (Å²) in [5.74, 6) is -0.974. The number of halogens is 5. The van der Waals surface area contributed by atoms with Gasteiger partial charge in [0.05, 0.1) is 6.67 Å². The molecule has 2 nitrogen and oxygen atoms in total. The van der Waals surface area contributed by atoms with Gasteiger partial charge in [0.1, 0.15) is 12.8 Å². The maximum atomic E-state index is 13.3. The van der Waals surface area contributed by atoms with E-state index in [1.165, 1.54) is 0 Å². The van der Waals surface area contributed by atoms with Gasteiger partial charge in [-0.25, -0.2) is 22.4 Å². The van der Waals surface area contributed by atoms with Crippen molar-refractivity contribution >= 4 is 5.97 Å². The van der Waals surface area contributed by atoms with Crippen molar-refractivity contribution in [2.45, 2.75) is 50.4 Å². The van der Waals surface area contributed by atoms with Gasteiger partial charge in [0, 0.05) is 6.08 Å². The van der Waals surface area contributed by atoms with Crippen LogP contribution in [0.2, 0.25) is 0 Å². The predicted molar refractivity (Wildman–Crippen MR) is 65.2 cm³/mol. The molecule has 0 heterocycles. The third-order valence-electron chi connectivity index (χ3n) is 2.66. The van der Waals surface area contributed by atoms with Gasteiger partial charge in [-0.05, 0) is 12.8 Å². The molecule has 4 unspecified atom stereocenters. The number of carbonyl (C=O) groups excluding carboxylic acids is 1. The van der Waals surface area contributed by atoms with Gasteiger partial charge in [-0.1, -0.05) is 19.4 Å². The van der Waals surface area contributed by atoms with Crippen molar-refractivity contribution in [1.82, 2.24) is 0 Å². The third-order valence-corrected chi connectivity index (χ3v) is 2.66. The summed E-state index contributed by atoms with van der Waals surface area (Å²) in [5.41, 5.74) is 0. The Hall–Kier alpha value is -1.14. The number of rotatable bonds is 11. The molecule has 0 aromatic carbocycles. The average Bonchev–Trinajstić information content (AvgIpc) is 2.46. The van der Waals surface area contributed by atoms with Crippen molar-refractivity contribution in [3.63, 3.8) is 0 Å². The van der Waals surface area contributed by atoms with E-state index in [-0.39, 0.29) is 19.3 Å². The van der Waals surface area contributed by atoms with Gasteiger partial charge in [-0.3, -0.25) is 4.39 Å². The minimum absolute atomic E-state index is 0.195. The summed E-state index contributed by atoms with van der Waals surface area (Å²) in [6, 6.07) is 0. The number of unbranched alkanes of at least 4 members (excludes halogenated alkanes) is 2. The number of alkyl halides is 5. The van der Waals surface area contributed by atoms with Crippen molar-refractivity contribution in [2.24, 2.45) is 0 Å². The molecule has 0 aromatic heterocycles. The van der Waals surface area contributed by atoms with E-state index in [0.717, 1.165) is 6.08 Å². The zero-order valence-corrected chi connectivity index (χ0v) is 11.0. The largest absolute Gasteiger partial charge is 0.459 e. The highest BCUT2D eigenvalue weighted by Gasteiger charge is 2.36. The maximum absolute atomic E-state index is 13.3. The molecule has 0 saturated heterocycles. The van der Waals surface area contributed by atoms with Crippen LogP contribution in [0.4, 0.5) is 22.0 Å². The lowest BCUT2D eigenvalue weighted by molar-refractivity contribution is -0.140. The van der Waals surface area contributed by atoms with E-state index in [9.17, 15) is 26.7 Å². The van der Waals surface area contributed by atoms with Crippen LogP contribution in [0.5, 0.6) is 0 Å². The minimum atomic E-state index is -2.72. The van der Waals surface area contributed by atoms with E-state index in [4.69, 9.17) is 0 Å². The number of hydrogen-bond donors (Lipinski definition) is 0. The lowest BCUT2D eigenvalue weighted by atomic mass is 10.0. The molecule has 0 N–H and O–H groups in total. The Balaban J connectivity index is 4.06. The van der Waals surface area contributed by atoms with Crippen molar-refractivity contribution in [2.75, 3.05) is 13.3 Å². The zero-order valence-electron chi connectivity index (χ0n) is 11.0. The molecule has 7 heteroatoms. The molecule has 0 aliphatic heterocycles. The summed E-state index contributed by atoms with van der Waals surface area (Å²) in [5, 5.41) is 0. The van der Waals surface area contributed by atoms with Crippen LogP contribution < -0.4 is 0 Å². The smallest absolute Gasteiger partial charge is 0.330 e. The second-order valence-corrected chi connectivity index (χ2v) is 4.29. The van der Waals surface area contributed by atoms with Crippen LogP contribution in [0, 0.1) is 0 Å². The molecule has 0 rings (SSSR count). The topological polar surface area (TPSA) is 26.3 Å². The molecular formula is C13H19F5O2. The minimum Gasteiger partial charge on any atom is -0.459 e. The second kappa shape index (κ2) is 10.6. The van der Waals surface area contributed by atoms with Crippen molar-refractivity contribution < 1.29 is 31.5 Å². The van der Waals surface area contributed by atoms with E-state index in [1.54, 1.807) is 0 Å². The van der Waals surface area contributed by atoms with Crippen LogP contribution in [0.3, 0.4) is 0 Å². The summed E-state index contributed by atoms with van der Waals surface area (Å²) >= 11 is 0. The van der Waals surface area contributed by atoms with Gasteiger partial charge in [0.15, 0.2) is 18.5 Å². The van der Waals surface area contributed by atoms with E-state index < -0.39 is 43.9 Å². The van der Waals surface area contributed by atoms with E-state index >= 15 is 0 Å². The Morgan fingerprint density at radius 2 is 1.65 bits per heavy atom. The second-order valence-electron chi connectivity index (χ2n) is 4.29. The summed E-state index contributed by atoms with van der Waals surface area (Å²) in [7, 11) is 0. The number of esters is 1. The molecule has 118 valence electrons. The highest BCUT2D eigenvalue weighted by molar-refractivity contribution is 5.81. The van der Waals surface area contributed by atoms with Gasteiger partial charge in [0.25, 0.3) is 0 Å². The lowest BCUT2D eigenvalue weighted by Crippen LogP contribution is -2.37. The first-order chi connectivity index (χ1) is 9.43. The van der Waals surface area contributed by atoms with Gasteiger partial charge < -0.3 is 4.74 Å². The zero-order chi connectivity index (χ0) is 15.5. The predicted octanol–water partition coefficient (Wildman–Crippen LogP) is 3.60. The van der Waals surface area contributed by atoms with Crippen LogP contribution in [0.1, 0.15) is 25.7 Å². The van der Waals surface area contributed by atoms with Crippen LogP contribution in [0.15, 0.2) is 12.7 Å². The van der Waals surface area contributed by atoms with Gasteiger partial charge >= 0.3 is 5.97 Å². The Kier molecular flexibility index (Phi) is 10.0. The quantitative estimate of drug-likeness (QED) is 0.252. The fraction of sp³-hybridized carbons (Fsp3) is 0.769. The molecule has 0 aliphatic rings. The number of hydrogen-bond acceptors (Lipinski definition) is 2.